The molecule has 22 heavy (non-hydrogen) atoms. The minimum Gasteiger partial charge on any atom is -0.393 e. The molecule has 1 aromatic rings. The van der Waals surface area contributed by atoms with E-state index in [4.69, 9.17) is 4.74 Å². The molecule has 1 aliphatic rings. The molecule has 1 N–H and O–H groups in total. The van der Waals surface area contributed by atoms with Crippen LogP contribution in [0.25, 0.3) is 0 Å². The quantitative estimate of drug-likeness (QED) is 0.569. The van der Waals surface area contributed by atoms with E-state index in [9.17, 15) is 9.90 Å². The summed E-state index contributed by atoms with van der Waals surface area (Å²) in [5.74, 6) is 1.00. The molecule has 2 atom stereocenters. The van der Waals surface area contributed by atoms with Crippen molar-refractivity contribution >= 4 is 19.8 Å². The molecule has 8 heteroatoms. The number of aliphatic hydroxyl groups excluding tert-OH is 1. The van der Waals surface area contributed by atoms with E-state index >= 15 is 0 Å². The first-order valence-electron chi connectivity index (χ1n) is 6.97. The van der Waals surface area contributed by atoms with Crippen LogP contribution in [-0.2, 0) is 37.4 Å². The molecule has 0 saturated heterocycles. The van der Waals surface area contributed by atoms with E-state index in [2.05, 4.69) is 30.8 Å². The van der Waals surface area contributed by atoms with E-state index < -0.39 is 20.0 Å². The fraction of sp³-hybridized carbons (Fsp3) is 0.571. The third-order valence-electron chi connectivity index (χ3n) is 3.14. The predicted octanol–water partition coefficient (Wildman–Crippen LogP) is 1.89. The molecule has 0 amide bonds. The van der Waals surface area contributed by atoms with E-state index in [0.29, 0.717) is 0 Å². The van der Waals surface area contributed by atoms with Gasteiger partial charge in [-0.3, -0.25) is 0 Å². The van der Waals surface area contributed by atoms with Gasteiger partial charge in [0.25, 0.3) is 0 Å². The van der Waals surface area contributed by atoms with Gasteiger partial charge in [0, 0.05) is 45.7 Å². The van der Waals surface area contributed by atoms with E-state index in [1.807, 2.05) is 6.08 Å². The summed E-state index contributed by atoms with van der Waals surface area (Å²) >= 11 is 1.70. The Morgan fingerprint density at radius 1 is 1.50 bits per heavy atom. The summed E-state index contributed by atoms with van der Waals surface area (Å²) in [6, 6.07) is 2.78. The molecule has 0 aromatic carbocycles. The third kappa shape index (κ3) is 5.69. The second kappa shape index (κ2) is 8.89. The molecule has 1 radical (unpaired) electrons. The molecule has 0 unspecified atom stereocenters. The summed E-state index contributed by atoms with van der Waals surface area (Å²) < 4.78 is 7.17. The molecule has 2 heterocycles. The van der Waals surface area contributed by atoms with Crippen molar-refractivity contribution in [1.29, 1.82) is 0 Å². The van der Waals surface area contributed by atoms with Crippen LogP contribution in [0.5, 0.6) is 0 Å². The molecule has 0 bridgehead atoms. The van der Waals surface area contributed by atoms with Gasteiger partial charge in [-0.05, 0) is 17.9 Å². The van der Waals surface area contributed by atoms with Crippen LogP contribution < -0.4 is 5.69 Å². The van der Waals surface area contributed by atoms with Crippen LogP contribution in [0.3, 0.4) is 0 Å². The van der Waals surface area contributed by atoms with E-state index in [1.165, 1.54) is 10.6 Å². The molecule has 1 aliphatic heterocycles. The van der Waals surface area contributed by atoms with Gasteiger partial charge in [-0.2, -0.15) is 0 Å². The second-order valence-electron chi connectivity index (χ2n) is 6.18. The molecule has 1 aromatic heterocycles. The van der Waals surface area contributed by atoms with E-state index in [1.54, 1.807) is 24.0 Å². The average Bonchev–Trinajstić information content (AvgIpc) is 2.81. The van der Waals surface area contributed by atoms with Gasteiger partial charge in [-0.1, -0.05) is 32.0 Å². The number of hydrogen-bond donors (Lipinski definition) is 1. The standard InChI is InChI=1S/C14H21N2O3SSi.Y/c1-21(2,3)8-7-20-12-9-11(10-17)19-13(12)16-6-4-5-15-14(16)18;/h4,6,9,11,13,17H,7-8,10H2,1-3H3;/q-1;/t11-,13+;/m0./s1. The molecule has 5 nitrogen and oxygen atoms in total. The summed E-state index contributed by atoms with van der Waals surface area (Å²) in [6.07, 6.45) is 5.20. The molecule has 119 valence electrons. The number of nitrogens with zero attached hydrogens (tertiary/aromatic N) is 2. The first-order valence-corrected chi connectivity index (χ1v) is 11.7. The Kier molecular flexibility index (Phi) is 8.19. The van der Waals surface area contributed by atoms with Crippen molar-refractivity contribution in [3.63, 3.8) is 0 Å². The summed E-state index contributed by atoms with van der Waals surface area (Å²) in [6.45, 7) is 6.92. The van der Waals surface area contributed by atoms with Crippen LogP contribution in [0.15, 0.2) is 28.0 Å². The van der Waals surface area contributed by atoms with Gasteiger partial charge in [0.2, 0.25) is 5.69 Å². The summed E-state index contributed by atoms with van der Waals surface area (Å²) in [4.78, 5) is 16.4. The summed E-state index contributed by atoms with van der Waals surface area (Å²) in [5.41, 5.74) is -0.391. The normalized spacial score (nSPS) is 21.4. The predicted molar refractivity (Wildman–Crippen MR) is 87.0 cm³/mol. The Labute approximate surface area is 161 Å². The monoisotopic (exact) mass is 414 g/mol. The Hall–Kier alpha value is 0.211. The zero-order valence-corrected chi connectivity index (χ0v) is 17.8. The topological polar surface area (TPSA) is 64.3 Å². The van der Waals surface area contributed by atoms with Crippen molar-refractivity contribution in [1.82, 2.24) is 9.55 Å². The first-order chi connectivity index (χ1) is 9.90. The van der Waals surface area contributed by atoms with Crippen LogP contribution in [0.4, 0.5) is 0 Å². The van der Waals surface area contributed by atoms with Gasteiger partial charge in [-0.25, -0.2) is 0 Å². The smallest absolute Gasteiger partial charge is 0.232 e. The fourth-order valence-electron chi connectivity index (χ4n) is 1.94. The Morgan fingerprint density at radius 2 is 2.23 bits per heavy atom. The number of rotatable bonds is 6. The first kappa shape index (κ1) is 20.3. The third-order valence-corrected chi connectivity index (χ3v) is 6.33. The maximum absolute atomic E-state index is 11.8. The molecule has 2 rings (SSSR count). The van der Waals surface area contributed by atoms with Gasteiger partial charge in [0.05, 0.1) is 6.61 Å². The molecule has 0 fully saturated rings. The van der Waals surface area contributed by atoms with Gasteiger partial charge >= 0.3 is 0 Å². The zero-order valence-electron chi connectivity index (χ0n) is 13.2. The van der Waals surface area contributed by atoms with Crippen molar-refractivity contribution in [3.05, 3.63) is 39.9 Å². The van der Waals surface area contributed by atoms with E-state index in [0.717, 1.165) is 10.7 Å². The fourth-order valence-corrected chi connectivity index (χ4v) is 5.59. The van der Waals surface area contributed by atoms with Crippen molar-refractivity contribution in [3.8, 4) is 0 Å². The molecular formula is C14H21N2O3SSiY-. The molecule has 0 spiro atoms. The van der Waals surface area contributed by atoms with Gasteiger partial charge in [-0.15, -0.1) is 17.8 Å². The largest absolute Gasteiger partial charge is 0.393 e. The number of thioether (sulfide) groups is 1. The maximum atomic E-state index is 11.8. The van der Waals surface area contributed by atoms with Crippen molar-refractivity contribution < 1.29 is 42.6 Å². The van der Waals surface area contributed by atoms with Crippen molar-refractivity contribution in [2.24, 2.45) is 0 Å². The van der Waals surface area contributed by atoms with Gasteiger partial charge in [0.1, 0.15) is 12.3 Å². The molecular weight excluding hydrogens is 393 g/mol. The Morgan fingerprint density at radius 3 is 2.82 bits per heavy atom. The Balaban J connectivity index is 0.00000242. The average molecular weight is 414 g/mol. The number of hydrogen-bond acceptors (Lipinski definition) is 5. The Bertz CT molecular complexity index is 574. The van der Waals surface area contributed by atoms with Crippen LogP contribution in [0.1, 0.15) is 6.23 Å². The minimum absolute atomic E-state index is 0. The number of aromatic nitrogens is 2. The van der Waals surface area contributed by atoms with Gasteiger partial charge in [0.15, 0.2) is 0 Å². The van der Waals surface area contributed by atoms with Crippen LogP contribution in [0.2, 0.25) is 25.7 Å². The minimum atomic E-state index is -1.09. The van der Waals surface area contributed by atoms with E-state index in [-0.39, 0.29) is 45.4 Å². The van der Waals surface area contributed by atoms with Gasteiger partial charge < -0.3 is 24.2 Å². The SMILES string of the molecule is C[Si](C)(C)CCSC1=C[C@@H](CO)O[C@H]1n1cc[c-]nc1=O.[Y]. The summed E-state index contributed by atoms with van der Waals surface area (Å²) in [7, 11) is -1.09. The molecule has 0 saturated carbocycles. The maximum Gasteiger partial charge on any atom is 0.232 e. The number of aliphatic hydroxyl groups is 1. The zero-order chi connectivity index (χ0) is 15.5. The van der Waals surface area contributed by atoms with Crippen LogP contribution >= 0.6 is 11.8 Å². The molecule has 0 aliphatic carbocycles. The second-order valence-corrected chi connectivity index (χ2v) is 13.0. The van der Waals surface area contributed by atoms with Crippen molar-refractivity contribution in [2.45, 2.75) is 38.0 Å². The van der Waals surface area contributed by atoms with Crippen LogP contribution in [0, 0.1) is 6.20 Å². The summed E-state index contributed by atoms with van der Waals surface area (Å²) in [5, 5.41) is 9.29. The number of ether oxygens (including phenoxy) is 1. The van der Waals surface area contributed by atoms with Crippen LogP contribution in [-0.4, -0.2) is 41.2 Å². The van der Waals surface area contributed by atoms with Crippen molar-refractivity contribution in [2.75, 3.05) is 12.4 Å².